The summed E-state index contributed by atoms with van der Waals surface area (Å²) in [6, 6.07) is 9.44. The van der Waals surface area contributed by atoms with Gasteiger partial charge in [0.1, 0.15) is 0 Å². The van der Waals surface area contributed by atoms with Crippen molar-refractivity contribution in [2.45, 2.75) is 19.8 Å². The molecular weight excluding hydrogens is 223 g/mol. The third kappa shape index (κ3) is 11.4. The number of carbonyl (C=O) groups excluding carboxylic acids is 1. The Bertz CT molecular complexity index is 237. The van der Waals surface area contributed by atoms with E-state index in [4.69, 9.17) is 23.2 Å². The molecule has 0 spiro atoms. The molecule has 0 unspecified atom stereocenters. The van der Waals surface area contributed by atoms with Crippen molar-refractivity contribution in [2.75, 3.05) is 0 Å². The third-order valence-corrected chi connectivity index (χ3v) is 1.62. The molecule has 0 aliphatic heterocycles. The van der Waals surface area contributed by atoms with E-state index in [9.17, 15) is 4.79 Å². The Labute approximate surface area is 94.1 Å². The summed E-state index contributed by atoms with van der Waals surface area (Å²) in [5.74, 6) is 0. The predicted molar refractivity (Wildman–Crippen MR) is 60.8 cm³/mol. The van der Waals surface area contributed by atoms with Crippen LogP contribution >= 0.6 is 23.2 Å². The van der Waals surface area contributed by atoms with Crippen molar-refractivity contribution in [2.24, 2.45) is 0 Å². The molecule has 0 aliphatic rings. The minimum Gasteiger partial charge on any atom is -0.412 e. The molecule has 0 saturated heterocycles. The van der Waals surface area contributed by atoms with Crippen molar-refractivity contribution >= 4 is 28.4 Å². The molecule has 0 bridgehead atoms. The average molecular weight is 237 g/mol. The second-order valence-electron chi connectivity index (χ2n) is 2.40. The standard InChI is InChI=1S/C6H5Cl.C4H7ClO.H2O/c7-6-4-2-1-3-5-6;1-2-3-4(5)6;/h1-5H;2-3H2,1H3;1H2. The molecule has 1 rings (SSSR count). The SMILES string of the molecule is CCCC(=O)Cl.Clc1ccccc1.O. The molecule has 0 saturated carbocycles. The lowest BCUT2D eigenvalue weighted by Crippen LogP contribution is -1.79. The maximum atomic E-state index is 9.81. The van der Waals surface area contributed by atoms with Gasteiger partial charge in [-0.25, -0.2) is 0 Å². The van der Waals surface area contributed by atoms with Crippen LogP contribution in [0.25, 0.3) is 0 Å². The second kappa shape index (κ2) is 10.5. The summed E-state index contributed by atoms with van der Waals surface area (Å²) in [5, 5.41) is 0.556. The van der Waals surface area contributed by atoms with Gasteiger partial charge in [0.15, 0.2) is 0 Å². The number of carbonyl (C=O) groups is 1. The van der Waals surface area contributed by atoms with Crippen LogP contribution in [0.3, 0.4) is 0 Å². The Morgan fingerprint density at radius 3 is 1.93 bits per heavy atom. The molecule has 2 N–H and O–H groups in total. The van der Waals surface area contributed by atoms with Crippen molar-refractivity contribution in [1.82, 2.24) is 0 Å². The Morgan fingerprint density at radius 1 is 1.29 bits per heavy atom. The summed E-state index contributed by atoms with van der Waals surface area (Å²) >= 11 is 10.5. The normalized spacial score (nSPS) is 7.93. The van der Waals surface area contributed by atoms with Gasteiger partial charge in [0.2, 0.25) is 5.24 Å². The van der Waals surface area contributed by atoms with Crippen LogP contribution in [0.5, 0.6) is 0 Å². The van der Waals surface area contributed by atoms with E-state index >= 15 is 0 Å². The van der Waals surface area contributed by atoms with E-state index in [0.29, 0.717) is 6.42 Å². The minimum absolute atomic E-state index is 0. The van der Waals surface area contributed by atoms with Crippen LogP contribution in [0.15, 0.2) is 30.3 Å². The summed E-state index contributed by atoms with van der Waals surface area (Å²) in [7, 11) is 0. The summed E-state index contributed by atoms with van der Waals surface area (Å²) in [4.78, 5) is 9.81. The van der Waals surface area contributed by atoms with Gasteiger partial charge in [-0.1, -0.05) is 36.7 Å². The highest BCUT2D eigenvalue weighted by molar-refractivity contribution is 6.63. The van der Waals surface area contributed by atoms with E-state index in [1.807, 2.05) is 37.3 Å². The summed E-state index contributed by atoms with van der Waals surface area (Å²) in [6.45, 7) is 1.92. The van der Waals surface area contributed by atoms with Crippen LogP contribution in [0.4, 0.5) is 0 Å². The zero-order valence-corrected chi connectivity index (χ0v) is 9.48. The van der Waals surface area contributed by atoms with E-state index in [1.165, 1.54) is 0 Å². The Kier molecular flexibility index (Phi) is 11.9. The maximum Gasteiger partial charge on any atom is 0.221 e. The fourth-order valence-corrected chi connectivity index (χ4v) is 0.946. The summed E-state index contributed by atoms with van der Waals surface area (Å²) in [5.41, 5.74) is 0. The van der Waals surface area contributed by atoms with Crippen molar-refractivity contribution in [3.63, 3.8) is 0 Å². The van der Waals surface area contributed by atoms with Gasteiger partial charge in [-0.3, -0.25) is 4.79 Å². The van der Waals surface area contributed by atoms with Crippen LogP contribution in [0.1, 0.15) is 19.8 Å². The molecule has 0 amide bonds. The van der Waals surface area contributed by atoms with E-state index in [-0.39, 0.29) is 10.7 Å². The van der Waals surface area contributed by atoms with Gasteiger partial charge in [0, 0.05) is 11.4 Å². The molecule has 0 atom stereocenters. The predicted octanol–water partition coefficient (Wildman–Crippen LogP) is 3.07. The number of hydrogen-bond acceptors (Lipinski definition) is 1. The average Bonchev–Trinajstić information content (AvgIpc) is 2.06. The van der Waals surface area contributed by atoms with Gasteiger partial charge in [0.25, 0.3) is 0 Å². The number of halogens is 2. The monoisotopic (exact) mass is 236 g/mol. The smallest absolute Gasteiger partial charge is 0.221 e. The zero-order chi connectivity index (χ0) is 10.1. The number of hydrogen-bond donors (Lipinski definition) is 0. The second-order valence-corrected chi connectivity index (χ2v) is 3.26. The molecule has 4 heteroatoms. The molecule has 0 heterocycles. The zero-order valence-electron chi connectivity index (χ0n) is 7.97. The van der Waals surface area contributed by atoms with Crippen LogP contribution in [-0.4, -0.2) is 10.7 Å². The van der Waals surface area contributed by atoms with E-state index in [0.717, 1.165) is 11.4 Å². The fourth-order valence-electron chi connectivity index (χ4n) is 0.611. The Hall–Kier alpha value is -0.570. The van der Waals surface area contributed by atoms with Crippen molar-refractivity contribution < 1.29 is 10.3 Å². The molecule has 2 nitrogen and oxygen atoms in total. The molecule has 14 heavy (non-hydrogen) atoms. The minimum atomic E-state index is -0.238. The molecule has 1 aromatic rings. The molecule has 80 valence electrons. The largest absolute Gasteiger partial charge is 0.412 e. The Morgan fingerprint density at radius 2 is 1.79 bits per heavy atom. The molecule has 1 aromatic carbocycles. The molecule has 0 aliphatic carbocycles. The van der Waals surface area contributed by atoms with Gasteiger partial charge < -0.3 is 5.48 Å². The van der Waals surface area contributed by atoms with Crippen LogP contribution in [-0.2, 0) is 4.79 Å². The van der Waals surface area contributed by atoms with Crippen LogP contribution < -0.4 is 0 Å². The molecule has 0 radical (unpaired) electrons. The lowest BCUT2D eigenvalue weighted by molar-refractivity contribution is -0.111. The highest BCUT2D eigenvalue weighted by Gasteiger charge is 1.87. The van der Waals surface area contributed by atoms with Crippen molar-refractivity contribution in [1.29, 1.82) is 0 Å². The van der Waals surface area contributed by atoms with Gasteiger partial charge in [-0.15, -0.1) is 0 Å². The quantitative estimate of drug-likeness (QED) is 0.729. The highest BCUT2D eigenvalue weighted by Crippen LogP contribution is 2.03. The van der Waals surface area contributed by atoms with Gasteiger partial charge in [-0.2, -0.15) is 0 Å². The number of benzene rings is 1. The van der Waals surface area contributed by atoms with E-state index in [2.05, 4.69) is 0 Å². The van der Waals surface area contributed by atoms with Crippen molar-refractivity contribution in [3.8, 4) is 0 Å². The van der Waals surface area contributed by atoms with Crippen LogP contribution in [0, 0.1) is 0 Å². The fraction of sp³-hybridized carbons (Fsp3) is 0.300. The van der Waals surface area contributed by atoms with E-state index < -0.39 is 0 Å². The van der Waals surface area contributed by atoms with Crippen LogP contribution in [0.2, 0.25) is 5.02 Å². The Balaban J connectivity index is 0. The van der Waals surface area contributed by atoms with E-state index in [1.54, 1.807) is 0 Å². The first-order valence-electron chi connectivity index (χ1n) is 4.05. The molecular formula is C10H14Cl2O2. The molecule has 0 fully saturated rings. The first kappa shape index (κ1) is 15.9. The topological polar surface area (TPSA) is 48.6 Å². The number of rotatable bonds is 2. The first-order valence-corrected chi connectivity index (χ1v) is 4.81. The first-order chi connectivity index (χ1) is 6.16. The maximum absolute atomic E-state index is 9.81. The van der Waals surface area contributed by atoms with Gasteiger partial charge in [0.05, 0.1) is 0 Å². The van der Waals surface area contributed by atoms with Crippen molar-refractivity contribution in [3.05, 3.63) is 35.4 Å². The summed E-state index contributed by atoms with van der Waals surface area (Å²) < 4.78 is 0. The summed E-state index contributed by atoms with van der Waals surface area (Å²) in [6.07, 6.45) is 1.35. The van der Waals surface area contributed by atoms with Gasteiger partial charge >= 0.3 is 0 Å². The third-order valence-electron chi connectivity index (χ3n) is 1.18. The lowest BCUT2D eigenvalue weighted by atomic mass is 10.4. The lowest BCUT2D eigenvalue weighted by Gasteiger charge is -1.80. The molecule has 0 aromatic heterocycles. The highest BCUT2D eigenvalue weighted by atomic mass is 35.5. The van der Waals surface area contributed by atoms with Gasteiger partial charge in [-0.05, 0) is 30.2 Å².